The zero-order valence-corrected chi connectivity index (χ0v) is 21.5. The summed E-state index contributed by atoms with van der Waals surface area (Å²) in [4.78, 5) is 26.0. The third-order valence-corrected chi connectivity index (χ3v) is 6.38. The molecule has 1 aliphatic carbocycles. The average Bonchev–Trinajstić information content (AvgIpc) is 2.83. The molecule has 7 nitrogen and oxygen atoms in total. The van der Waals surface area contributed by atoms with Gasteiger partial charge in [0, 0.05) is 37.7 Å². The maximum absolute atomic E-state index is 13.6. The molecule has 2 aromatic rings. The van der Waals surface area contributed by atoms with Crippen LogP contribution in [0.15, 0.2) is 60.1 Å². The number of carbonyl (C=O) groups excluding carboxylic acids is 2. The third kappa shape index (κ3) is 6.95. The number of ether oxygens (including phenoxy) is 1. The van der Waals surface area contributed by atoms with Crippen LogP contribution < -0.4 is 20.7 Å². The molecule has 2 aromatic carbocycles. The first kappa shape index (κ1) is 27.3. The minimum absolute atomic E-state index is 0.132. The van der Waals surface area contributed by atoms with Crippen LogP contribution >= 0.6 is 0 Å². The summed E-state index contributed by atoms with van der Waals surface area (Å²) in [5.41, 5.74) is 1.62. The van der Waals surface area contributed by atoms with Crippen molar-refractivity contribution in [1.82, 2.24) is 15.5 Å². The number of hydrogen-bond acceptors (Lipinski definition) is 5. The predicted molar refractivity (Wildman–Crippen MR) is 138 cm³/mol. The standard InChI is InChI=1S/C28H31F3N4O3/c1-17(36)33-26-15-24(10-11-32-26)38-23-9-7-18-4-5-19(12-21(18)13-23)27(37)34-22-8-6-20(16-35(2)3)25(14-22)28(29,30)31/h6-10,13-15,19,32H,4-5,11-12,16H2,1-3H3,(H,33,36)(H,34,37). The number of allylic oxidation sites excluding steroid dienone is 1. The molecule has 0 saturated heterocycles. The molecule has 1 unspecified atom stereocenters. The van der Waals surface area contributed by atoms with Crippen LogP contribution in [0.1, 0.15) is 35.6 Å². The Morgan fingerprint density at radius 3 is 2.61 bits per heavy atom. The van der Waals surface area contributed by atoms with E-state index in [0.717, 1.165) is 17.2 Å². The van der Waals surface area contributed by atoms with Crippen LogP contribution in [0.2, 0.25) is 0 Å². The van der Waals surface area contributed by atoms with E-state index in [1.807, 2.05) is 24.3 Å². The van der Waals surface area contributed by atoms with Crippen molar-refractivity contribution in [2.75, 3.05) is 26.0 Å². The quantitative estimate of drug-likeness (QED) is 0.498. The Kier molecular flexibility index (Phi) is 8.11. The van der Waals surface area contributed by atoms with Gasteiger partial charge in [0.2, 0.25) is 11.8 Å². The molecule has 0 aromatic heterocycles. The number of benzene rings is 2. The van der Waals surface area contributed by atoms with Crippen molar-refractivity contribution in [3.8, 4) is 5.75 Å². The molecule has 202 valence electrons. The van der Waals surface area contributed by atoms with Crippen molar-refractivity contribution < 1.29 is 27.5 Å². The Morgan fingerprint density at radius 1 is 1.11 bits per heavy atom. The van der Waals surface area contributed by atoms with Gasteiger partial charge in [0.15, 0.2) is 0 Å². The first-order valence-corrected chi connectivity index (χ1v) is 12.4. The van der Waals surface area contributed by atoms with Crippen molar-refractivity contribution >= 4 is 17.5 Å². The SMILES string of the molecule is CC(=O)NC1=CC(Oc2ccc3c(c2)CC(C(=O)Nc2ccc(CN(C)C)c(C(F)(F)F)c2)CC3)=CCN1. The summed E-state index contributed by atoms with van der Waals surface area (Å²) in [6.07, 6.45) is 0.761. The van der Waals surface area contributed by atoms with E-state index in [0.29, 0.717) is 43.1 Å². The number of alkyl halides is 3. The summed E-state index contributed by atoms with van der Waals surface area (Å²) < 4.78 is 46.9. The molecule has 0 fully saturated rings. The van der Waals surface area contributed by atoms with Crippen LogP contribution in [0.25, 0.3) is 0 Å². The maximum atomic E-state index is 13.6. The van der Waals surface area contributed by atoms with Crippen molar-refractivity contribution in [3.05, 3.63) is 82.4 Å². The molecule has 38 heavy (non-hydrogen) atoms. The fraction of sp³-hybridized carbons (Fsp3) is 0.357. The topological polar surface area (TPSA) is 82.7 Å². The van der Waals surface area contributed by atoms with Gasteiger partial charge in [-0.05, 0) is 80.4 Å². The van der Waals surface area contributed by atoms with Crippen LogP contribution in [0, 0.1) is 5.92 Å². The van der Waals surface area contributed by atoms with Gasteiger partial charge < -0.3 is 25.6 Å². The molecule has 0 radical (unpaired) electrons. The van der Waals surface area contributed by atoms with E-state index < -0.39 is 11.7 Å². The number of aryl methyl sites for hydroxylation is 1. The number of fused-ring (bicyclic) bond motifs is 1. The van der Waals surface area contributed by atoms with Gasteiger partial charge >= 0.3 is 6.18 Å². The lowest BCUT2D eigenvalue weighted by molar-refractivity contribution is -0.138. The number of halogens is 3. The van der Waals surface area contributed by atoms with Gasteiger partial charge in [-0.25, -0.2) is 0 Å². The Balaban J connectivity index is 1.44. The zero-order valence-electron chi connectivity index (χ0n) is 21.5. The van der Waals surface area contributed by atoms with E-state index >= 15 is 0 Å². The third-order valence-electron chi connectivity index (χ3n) is 6.38. The van der Waals surface area contributed by atoms with Crippen LogP contribution in [0.4, 0.5) is 18.9 Å². The number of nitrogens with zero attached hydrogens (tertiary/aromatic N) is 1. The fourth-order valence-corrected chi connectivity index (χ4v) is 4.65. The molecule has 2 aliphatic rings. The second-order valence-electron chi connectivity index (χ2n) is 9.80. The van der Waals surface area contributed by atoms with E-state index in [1.54, 1.807) is 25.1 Å². The smallest absolute Gasteiger partial charge is 0.416 e. The lowest BCUT2D eigenvalue weighted by atomic mass is 9.83. The highest BCUT2D eigenvalue weighted by molar-refractivity contribution is 5.93. The molecule has 2 amide bonds. The number of hydrogen-bond donors (Lipinski definition) is 3. The molecule has 4 rings (SSSR count). The molecule has 0 spiro atoms. The van der Waals surface area contributed by atoms with Gasteiger partial charge in [-0.15, -0.1) is 0 Å². The number of anilines is 1. The Bertz CT molecular complexity index is 1280. The fourth-order valence-electron chi connectivity index (χ4n) is 4.65. The van der Waals surface area contributed by atoms with Crippen LogP contribution in [0.5, 0.6) is 5.75 Å². The molecule has 10 heteroatoms. The van der Waals surface area contributed by atoms with Crippen molar-refractivity contribution in [3.63, 3.8) is 0 Å². The van der Waals surface area contributed by atoms with E-state index in [4.69, 9.17) is 4.74 Å². The second-order valence-corrected chi connectivity index (χ2v) is 9.80. The van der Waals surface area contributed by atoms with Crippen molar-refractivity contribution in [1.29, 1.82) is 0 Å². The minimum atomic E-state index is -4.52. The monoisotopic (exact) mass is 528 g/mol. The number of nitrogens with one attached hydrogen (secondary N) is 3. The Labute approximate surface area is 219 Å². The minimum Gasteiger partial charge on any atom is -0.457 e. The van der Waals surface area contributed by atoms with E-state index in [-0.39, 0.29) is 35.5 Å². The molecular weight excluding hydrogens is 497 g/mol. The second kappa shape index (κ2) is 11.3. The van der Waals surface area contributed by atoms with E-state index in [2.05, 4.69) is 16.0 Å². The molecule has 0 saturated carbocycles. The van der Waals surface area contributed by atoms with Gasteiger partial charge in [0.25, 0.3) is 0 Å². The first-order valence-electron chi connectivity index (χ1n) is 12.4. The Hall–Kier alpha value is -3.79. The molecule has 1 heterocycles. The maximum Gasteiger partial charge on any atom is 0.416 e. The van der Waals surface area contributed by atoms with Gasteiger partial charge in [-0.3, -0.25) is 9.59 Å². The van der Waals surface area contributed by atoms with Gasteiger partial charge in [0.1, 0.15) is 17.3 Å². The number of dihydropyridines is 1. The van der Waals surface area contributed by atoms with Gasteiger partial charge in [-0.1, -0.05) is 12.1 Å². The lowest BCUT2D eigenvalue weighted by Gasteiger charge is -2.25. The summed E-state index contributed by atoms with van der Waals surface area (Å²) in [6, 6.07) is 9.67. The summed E-state index contributed by atoms with van der Waals surface area (Å²) in [7, 11) is 3.41. The van der Waals surface area contributed by atoms with Crippen LogP contribution in [-0.2, 0) is 35.2 Å². The summed E-state index contributed by atoms with van der Waals surface area (Å²) in [5, 5.41) is 8.42. The lowest BCUT2D eigenvalue weighted by Crippen LogP contribution is -2.32. The first-order chi connectivity index (χ1) is 18.0. The van der Waals surface area contributed by atoms with Crippen LogP contribution in [0.3, 0.4) is 0 Å². The zero-order chi connectivity index (χ0) is 27.4. The summed E-state index contributed by atoms with van der Waals surface area (Å²) in [6.45, 7) is 2.07. The highest BCUT2D eigenvalue weighted by Gasteiger charge is 2.34. The van der Waals surface area contributed by atoms with Crippen molar-refractivity contribution in [2.24, 2.45) is 5.92 Å². The summed E-state index contributed by atoms with van der Waals surface area (Å²) in [5.74, 6) is 0.853. The average molecular weight is 529 g/mol. The normalized spacial score (nSPS) is 17.1. The van der Waals surface area contributed by atoms with E-state index in [9.17, 15) is 22.8 Å². The molecule has 1 aliphatic heterocycles. The van der Waals surface area contributed by atoms with Gasteiger partial charge in [-0.2, -0.15) is 13.2 Å². The van der Waals surface area contributed by atoms with E-state index in [1.165, 1.54) is 19.1 Å². The predicted octanol–water partition coefficient (Wildman–Crippen LogP) is 4.35. The van der Waals surface area contributed by atoms with Crippen molar-refractivity contribution in [2.45, 2.75) is 38.9 Å². The number of amides is 2. The number of carbonyl (C=O) groups is 2. The molecular formula is C28H31F3N4O3. The molecule has 0 bridgehead atoms. The highest BCUT2D eigenvalue weighted by atomic mass is 19.4. The summed E-state index contributed by atoms with van der Waals surface area (Å²) >= 11 is 0. The van der Waals surface area contributed by atoms with Gasteiger partial charge in [0.05, 0.1) is 5.56 Å². The Morgan fingerprint density at radius 2 is 1.89 bits per heavy atom. The highest BCUT2D eigenvalue weighted by Crippen LogP contribution is 2.35. The molecule has 1 atom stereocenters. The largest absolute Gasteiger partial charge is 0.457 e. The molecule has 3 N–H and O–H groups in total. The van der Waals surface area contributed by atoms with Crippen LogP contribution in [-0.4, -0.2) is 37.4 Å². The number of rotatable bonds is 7.